The zero-order chi connectivity index (χ0) is 14.3. The molecule has 0 saturated carbocycles. The molecule has 1 amide bonds. The Morgan fingerprint density at radius 3 is 2.47 bits per heavy atom. The third kappa shape index (κ3) is 4.06. The molecule has 1 aromatic rings. The summed E-state index contributed by atoms with van der Waals surface area (Å²) >= 11 is 0. The summed E-state index contributed by atoms with van der Waals surface area (Å²) in [4.78, 5) is 23.0. The van der Waals surface area contributed by atoms with Crippen LogP contribution in [-0.4, -0.2) is 37.2 Å². The second kappa shape index (κ2) is 6.89. The maximum atomic E-state index is 11.5. The van der Waals surface area contributed by atoms with Gasteiger partial charge in [0.1, 0.15) is 5.41 Å². The van der Waals surface area contributed by atoms with E-state index in [1.165, 1.54) is 7.11 Å². The van der Waals surface area contributed by atoms with Gasteiger partial charge in [-0.25, -0.2) is 0 Å². The standard InChI is InChI=1S/C14H19NO4/c1-14(13(17)18,11-6-4-3-5-7-11)10-15-12(16)8-9-19-2/h3-7H,8-10H2,1-2H3,(H,15,16)(H,17,18). The van der Waals surface area contributed by atoms with Crippen LogP contribution >= 0.6 is 0 Å². The minimum atomic E-state index is -1.13. The molecule has 0 aliphatic heterocycles. The number of hydrogen-bond acceptors (Lipinski definition) is 3. The molecule has 0 heterocycles. The van der Waals surface area contributed by atoms with Crippen LogP contribution in [0.2, 0.25) is 0 Å². The fourth-order valence-electron chi connectivity index (χ4n) is 1.67. The summed E-state index contributed by atoms with van der Waals surface area (Å²) in [6, 6.07) is 8.88. The van der Waals surface area contributed by atoms with Crippen molar-refractivity contribution < 1.29 is 19.4 Å². The summed E-state index contributed by atoms with van der Waals surface area (Å²) in [7, 11) is 1.51. The van der Waals surface area contributed by atoms with Crippen LogP contribution in [0.15, 0.2) is 30.3 Å². The summed E-state index contributed by atoms with van der Waals surface area (Å²) in [5.41, 5.74) is -0.473. The second-order valence-electron chi connectivity index (χ2n) is 4.52. The highest BCUT2D eigenvalue weighted by Gasteiger charge is 2.35. The van der Waals surface area contributed by atoms with E-state index in [4.69, 9.17) is 4.74 Å². The van der Waals surface area contributed by atoms with Crippen LogP contribution < -0.4 is 5.32 Å². The number of rotatable bonds is 7. The van der Waals surface area contributed by atoms with E-state index < -0.39 is 11.4 Å². The van der Waals surface area contributed by atoms with Crippen LogP contribution in [-0.2, 0) is 19.7 Å². The Labute approximate surface area is 112 Å². The Balaban J connectivity index is 2.74. The zero-order valence-corrected chi connectivity index (χ0v) is 11.2. The Morgan fingerprint density at radius 2 is 1.95 bits per heavy atom. The molecule has 5 nitrogen and oxygen atoms in total. The highest BCUT2D eigenvalue weighted by Crippen LogP contribution is 2.23. The van der Waals surface area contributed by atoms with Crippen molar-refractivity contribution in [1.82, 2.24) is 5.32 Å². The number of aliphatic carboxylic acids is 1. The third-order valence-electron chi connectivity index (χ3n) is 3.06. The Kier molecular flexibility index (Phi) is 5.51. The molecule has 0 fully saturated rings. The van der Waals surface area contributed by atoms with E-state index in [1.54, 1.807) is 31.2 Å². The average molecular weight is 265 g/mol. The molecule has 0 aliphatic carbocycles. The normalized spacial score (nSPS) is 13.6. The molecule has 19 heavy (non-hydrogen) atoms. The first-order valence-corrected chi connectivity index (χ1v) is 6.05. The van der Waals surface area contributed by atoms with Gasteiger partial charge >= 0.3 is 5.97 Å². The minimum absolute atomic E-state index is 0.0505. The summed E-state index contributed by atoms with van der Waals surface area (Å²) in [5.74, 6) is -1.18. The van der Waals surface area contributed by atoms with Crippen molar-refractivity contribution in [2.45, 2.75) is 18.8 Å². The molecule has 1 aromatic carbocycles. The van der Waals surface area contributed by atoms with Crippen molar-refractivity contribution in [2.24, 2.45) is 0 Å². The Hall–Kier alpha value is -1.88. The molecular weight excluding hydrogens is 246 g/mol. The number of methoxy groups -OCH3 is 1. The summed E-state index contributed by atoms with van der Waals surface area (Å²) in [6.07, 6.45) is 0.223. The lowest BCUT2D eigenvalue weighted by Gasteiger charge is -2.25. The van der Waals surface area contributed by atoms with E-state index >= 15 is 0 Å². The third-order valence-corrected chi connectivity index (χ3v) is 3.06. The van der Waals surface area contributed by atoms with Crippen molar-refractivity contribution in [3.8, 4) is 0 Å². The minimum Gasteiger partial charge on any atom is -0.481 e. The number of amides is 1. The number of nitrogens with one attached hydrogen (secondary N) is 1. The molecule has 0 spiro atoms. The fraction of sp³-hybridized carbons (Fsp3) is 0.429. The van der Waals surface area contributed by atoms with E-state index in [-0.39, 0.29) is 18.9 Å². The van der Waals surface area contributed by atoms with Crippen LogP contribution in [0.25, 0.3) is 0 Å². The van der Waals surface area contributed by atoms with Crippen molar-refractivity contribution in [3.05, 3.63) is 35.9 Å². The molecule has 0 aliphatic rings. The van der Waals surface area contributed by atoms with Gasteiger partial charge in [-0.2, -0.15) is 0 Å². The number of carboxylic acid groups (broad SMARTS) is 1. The van der Waals surface area contributed by atoms with Gasteiger partial charge in [0.05, 0.1) is 6.61 Å². The molecule has 104 valence electrons. The van der Waals surface area contributed by atoms with Crippen LogP contribution in [0, 0.1) is 0 Å². The monoisotopic (exact) mass is 265 g/mol. The van der Waals surface area contributed by atoms with Gasteiger partial charge < -0.3 is 15.2 Å². The number of carbonyl (C=O) groups is 2. The molecular formula is C14H19NO4. The van der Waals surface area contributed by atoms with Gasteiger partial charge in [-0.3, -0.25) is 9.59 Å². The predicted octanol–water partition coefficient (Wildman–Crippen LogP) is 1.18. The lowest BCUT2D eigenvalue weighted by Crippen LogP contribution is -2.44. The zero-order valence-electron chi connectivity index (χ0n) is 11.2. The van der Waals surface area contributed by atoms with Crippen LogP contribution in [0.4, 0.5) is 0 Å². The number of benzene rings is 1. The van der Waals surface area contributed by atoms with Crippen molar-refractivity contribution >= 4 is 11.9 Å². The van der Waals surface area contributed by atoms with Gasteiger partial charge in [0.15, 0.2) is 0 Å². The Morgan fingerprint density at radius 1 is 1.32 bits per heavy atom. The Bertz CT molecular complexity index is 432. The summed E-state index contributed by atoms with van der Waals surface area (Å²) in [5, 5.41) is 12.0. The molecule has 0 radical (unpaired) electrons. The molecule has 0 aromatic heterocycles. The van der Waals surface area contributed by atoms with Gasteiger partial charge in [0, 0.05) is 20.1 Å². The first-order chi connectivity index (χ1) is 9.00. The van der Waals surface area contributed by atoms with E-state index in [0.717, 1.165) is 0 Å². The molecule has 1 rings (SSSR count). The first kappa shape index (κ1) is 15.2. The van der Waals surface area contributed by atoms with Gasteiger partial charge in [-0.05, 0) is 12.5 Å². The molecule has 0 saturated heterocycles. The summed E-state index contributed by atoms with van der Waals surface area (Å²) < 4.78 is 4.80. The van der Waals surface area contributed by atoms with Gasteiger partial charge in [0.25, 0.3) is 0 Å². The first-order valence-electron chi connectivity index (χ1n) is 6.05. The van der Waals surface area contributed by atoms with Crippen molar-refractivity contribution in [1.29, 1.82) is 0 Å². The smallest absolute Gasteiger partial charge is 0.315 e. The lowest BCUT2D eigenvalue weighted by atomic mass is 9.82. The maximum Gasteiger partial charge on any atom is 0.315 e. The highest BCUT2D eigenvalue weighted by atomic mass is 16.5. The van der Waals surface area contributed by atoms with Gasteiger partial charge in [0.2, 0.25) is 5.91 Å². The van der Waals surface area contributed by atoms with Crippen LogP contribution in [0.1, 0.15) is 18.9 Å². The molecule has 2 N–H and O–H groups in total. The van der Waals surface area contributed by atoms with Crippen molar-refractivity contribution in [3.63, 3.8) is 0 Å². The molecule has 1 unspecified atom stereocenters. The molecule has 1 atom stereocenters. The van der Waals surface area contributed by atoms with Crippen LogP contribution in [0.5, 0.6) is 0 Å². The maximum absolute atomic E-state index is 11.5. The largest absolute Gasteiger partial charge is 0.481 e. The van der Waals surface area contributed by atoms with Crippen molar-refractivity contribution in [2.75, 3.05) is 20.3 Å². The topological polar surface area (TPSA) is 75.6 Å². The van der Waals surface area contributed by atoms with E-state index in [1.807, 2.05) is 6.07 Å². The quantitative estimate of drug-likeness (QED) is 0.776. The second-order valence-corrected chi connectivity index (χ2v) is 4.52. The van der Waals surface area contributed by atoms with Gasteiger partial charge in [-0.1, -0.05) is 30.3 Å². The van der Waals surface area contributed by atoms with E-state index in [9.17, 15) is 14.7 Å². The SMILES string of the molecule is COCCC(=O)NCC(C)(C(=O)O)c1ccccc1. The molecule has 0 bridgehead atoms. The number of ether oxygens (including phenoxy) is 1. The average Bonchev–Trinajstić information content (AvgIpc) is 2.43. The highest BCUT2D eigenvalue weighted by molar-refractivity contribution is 5.83. The number of carbonyl (C=O) groups excluding carboxylic acids is 1. The fourth-order valence-corrected chi connectivity index (χ4v) is 1.67. The predicted molar refractivity (Wildman–Crippen MR) is 70.9 cm³/mol. The number of hydrogen-bond donors (Lipinski definition) is 2. The summed E-state index contributed by atoms with van der Waals surface area (Å²) in [6.45, 7) is 1.97. The molecule has 5 heteroatoms. The number of carboxylic acids is 1. The van der Waals surface area contributed by atoms with E-state index in [2.05, 4.69) is 5.32 Å². The van der Waals surface area contributed by atoms with E-state index in [0.29, 0.717) is 12.2 Å². The van der Waals surface area contributed by atoms with Crippen LogP contribution in [0.3, 0.4) is 0 Å². The van der Waals surface area contributed by atoms with Gasteiger partial charge in [-0.15, -0.1) is 0 Å². The lowest BCUT2D eigenvalue weighted by molar-refractivity contribution is -0.143.